The van der Waals surface area contributed by atoms with E-state index in [1.165, 1.54) is 0 Å². The molecule has 0 aromatic carbocycles. The summed E-state index contributed by atoms with van der Waals surface area (Å²) < 4.78 is 5.34. The molecular formula is C15H23NO3S. The van der Waals surface area contributed by atoms with Gasteiger partial charge in [0, 0.05) is 11.3 Å². The quantitative estimate of drug-likeness (QED) is 0.843. The first-order valence-corrected chi connectivity index (χ1v) is 8.22. The highest BCUT2D eigenvalue weighted by molar-refractivity contribution is 7.99. The third-order valence-corrected chi connectivity index (χ3v) is 5.05. The van der Waals surface area contributed by atoms with Crippen molar-refractivity contribution in [1.29, 1.82) is 0 Å². The fourth-order valence-electron chi connectivity index (χ4n) is 2.90. The molecule has 112 valence electrons. The first-order chi connectivity index (χ1) is 9.52. The maximum Gasteiger partial charge on any atom is 0.323 e. The van der Waals surface area contributed by atoms with Gasteiger partial charge in [0.1, 0.15) is 11.3 Å². The molecule has 1 aliphatic carbocycles. The van der Waals surface area contributed by atoms with Crippen molar-refractivity contribution < 1.29 is 14.3 Å². The van der Waals surface area contributed by atoms with Gasteiger partial charge >= 0.3 is 5.97 Å². The van der Waals surface area contributed by atoms with Crippen molar-refractivity contribution in [1.82, 2.24) is 5.32 Å². The Hall–Kier alpha value is -0.940. The number of rotatable bonds is 6. The molecule has 1 heterocycles. The lowest BCUT2D eigenvalue weighted by molar-refractivity contribution is -0.146. The lowest BCUT2D eigenvalue weighted by Gasteiger charge is -2.39. The van der Waals surface area contributed by atoms with Crippen LogP contribution in [0.25, 0.3) is 0 Å². The van der Waals surface area contributed by atoms with Gasteiger partial charge in [-0.25, -0.2) is 0 Å². The van der Waals surface area contributed by atoms with Gasteiger partial charge in [-0.15, -0.1) is 0 Å². The maximum absolute atomic E-state index is 11.7. The summed E-state index contributed by atoms with van der Waals surface area (Å²) in [7, 11) is 0. The number of hydrogen-bond donors (Lipinski definition) is 2. The fraction of sp³-hybridized carbons (Fsp3) is 0.667. The summed E-state index contributed by atoms with van der Waals surface area (Å²) in [4.78, 5) is 11.7. The molecule has 0 saturated heterocycles. The van der Waals surface area contributed by atoms with Gasteiger partial charge < -0.3 is 9.52 Å². The van der Waals surface area contributed by atoms with Crippen molar-refractivity contribution in [3.8, 4) is 0 Å². The summed E-state index contributed by atoms with van der Waals surface area (Å²) in [6.07, 6.45) is 5.13. The van der Waals surface area contributed by atoms with Crippen molar-refractivity contribution >= 4 is 17.7 Å². The van der Waals surface area contributed by atoms with Crippen LogP contribution in [-0.2, 0) is 10.5 Å². The minimum absolute atomic E-state index is 0.180. The summed E-state index contributed by atoms with van der Waals surface area (Å²) in [5.41, 5.74) is -0.757. The molecule has 5 heteroatoms. The SMILES string of the molecule is CC(C)NC1(C(=O)O)CCCC(SCc2ccco2)C1. The zero-order valence-corrected chi connectivity index (χ0v) is 12.9. The average molecular weight is 297 g/mol. The van der Waals surface area contributed by atoms with Gasteiger partial charge in [-0.2, -0.15) is 11.8 Å². The van der Waals surface area contributed by atoms with E-state index in [-0.39, 0.29) is 6.04 Å². The number of aliphatic carboxylic acids is 1. The predicted molar refractivity (Wildman–Crippen MR) is 80.9 cm³/mol. The molecule has 1 saturated carbocycles. The zero-order valence-electron chi connectivity index (χ0n) is 12.1. The Labute approximate surface area is 124 Å². The Balaban J connectivity index is 1.96. The average Bonchev–Trinajstić information content (AvgIpc) is 2.89. The molecule has 1 aromatic heterocycles. The summed E-state index contributed by atoms with van der Waals surface area (Å²) in [6.45, 7) is 4.01. The molecule has 2 unspecified atom stereocenters. The number of nitrogens with one attached hydrogen (secondary N) is 1. The summed E-state index contributed by atoms with van der Waals surface area (Å²) >= 11 is 1.80. The van der Waals surface area contributed by atoms with Gasteiger partial charge in [0.25, 0.3) is 0 Å². The monoisotopic (exact) mass is 297 g/mol. The van der Waals surface area contributed by atoms with Crippen LogP contribution < -0.4 is 5.32 Å². The van der Waals surface area contributed by atoms with Crippen molar-refractivity contribution in [2.24, 2.45) is 0 Å². The molecule has 2 N–H and O–H groups in total. The Morgan fingerprint density at radius 1 is 1.65 bits per heavy atom. The van der Waals surface area contributed by atoms with Crippen LogP contribution in [0.2, 0.25) is 0 Å². The van der Waals surface area contributed by atoms with Crippen LogP contribution in [-0.4, -0.2) is 27.9 Å². The van der Waals surface area contributed by atoms with E-state index in [9.17, 15) is 9.90 Å². The highest BCUT2D eigenvalue weighted by atomic mass is 32.2. The number of carboxylic acid groups (broad SMARTS) is 1. The van der Waals surface area contributed by atoms with Gasteiger partial charge in [-0.3, -0.25) is 10.1 Å². The zero-order chi connectivity index (χ0) is 14.6. The Kier molecular flexibility index (Phi) is 5.16. The van der Waals surface area contributed by atoms with Crippen LogP contribution >= 0.6 is 11.8 Å². The molecule has 1 aliphatic rings. The van der Waals surface area contributed by atoms with E-state index in [0.717, 1.165) is 30.8 Å². The molecule has 0 bridgehead atoms. The first-order valence-electron chi connectivity index (χ1n) is 7.17. The van der Waals surface area contributed by atoms with E-state index in [0.29, 0.717) is 11.7 Å². The second kappa shape index (κ2) is 6.68. The molecule has 2 rings (SSSR count). The third-order valence-electron chi connectivity index (χ3n) is 3.72. The number of thioether (sulfide) groups is 1. The Bertz CT molecular complexity index is 432. The third kappa shape index (κ3) is 3.79. The maximum atomic E-state index is 11.7. The number of hydrogen-bond acceptors (Lipinski definition) is 4. The van der Waals surface area contributed by atoms with Crippen LogP contribution in [0.3, 0.4) is 0 Å². The highest BCUT2D eigenvalue weighted by Crippen LogP contribution is 2.37. The van der Waals surface area contributed by atoms with Crippen LogP contribution in [0.15, 0.2) is 22.8 Å². The molecule has 0 amide bonds. The van der Waals surface area contributed by atoms with E-state index >= 15 is 0 Å². The first kappa shape index (κ1) is 15.4. The molecular weight excluding hydrogens is 274 g/mol. The number of carboxylic acids is 1. The van der Waals surface area contributed by atoms with Crippen molar-refractivity contribution in [2.75, 3.05) is 0 Å². The van der Waals surface area contributed by atoms with Crippen molar-refractivity contribution in [3.05, 3.63) is 24.2 Å². The highest BCUT2D eigenvalue weighted by Gasteiger charge is 2.43. The topological polar surface area (TPSA) is 62.5 Å². The van der Waals surface area contributed by atoms with E-state index in [2.05, 4.69) is 5.32 Å². The Morgan fingerprint density at radius 3 is 3.05 bits per heavy atom. The molecule has 2 atom stereocenters. The second-order valence-electron chi connectivity index (χ2n) is 5.80. The molecule has 20 heavy (non-hydrogen) atoms. The molecule has 0 radical (unpaired) electrons. The van der Waals surface area contributed by atoms with Crippen LogP contribution in [0.4, 0.5) is 0 Å². The smallest absolute Gasteiger partial charge is 0.323 e. The summed E-state index contributed by atoms with van der Waals surface area (Å²) in [5.74, 6) is 1.06. The Morgan fingerprint density at radius 2 is 2.45 bits per heavy atom. The largest absolute Gasteiger partial charge is 0.480 e. The molecule has 1 aromatic rings. The normalized spacial score (nSPS) is 26.9. The number of carbonyl (C=O) groups is 1. The van der Waals surface area contributed by atoms with Crippen molar-refractivity contribution in [2.45, 2.75) is 62.1 Å². The lowest BCUT2D eigenvalue weighted by Crippen LogP contribution is -2.57. The van der Waals surface area contributed by atoms with Gasteiger partial charge in [0.2, 0.25) is 0 Å². The van der Waals surface area contributed by atoms with E-state index in [4.69, 9.17) is 4.42 Å². The molecule has 1 fully saturated rings. The number of furan rings is 1. The molecule has 0 aliphatic heterocycles. The summed E-state index contributed by atoms with van der Waals surface area (Å²) in [6, 6.07) is 4.03. The van der Waals surface area contributed by atoms with E-state index < -0.39 is 11.5 Å². The van der Waals surface area contributed by atoms with Crippen LogP contribution in [0, 0.1) is 0 Å². The predicted octanol–water partition coefficient (Wildman–Crippen LogP) is 3.28. The van der Waals surface area contributed by atoms with Gasteiger partial charge in [-0.1, -0.05) is 0 Å². The molecule has 4 nitrogen and oxygen atoms in total. The van der Waals surface area contributed by atoms with Gasteiger partial charge in [0.15, 0.2) is 0 Å². The fourth-order valence-corrected chi connectivity index (χ4v) is 4.20. The second-order valence-corrected chi connectivity index (χ2v) is 7.08. The summed E-state index contributed by atoms with van der Waals surface area (Å²) in [5, 5.41) is 13.3. The van der Waals surface area contributed by atoms with E-state index in [1.54, 1.807) is 18.0 Å². The standard InChI is InChI=1S/C15H23NO3S/c1-11(2)16-15(14(17)18)7-3-6-13(9-15)20-10-12-5-4-8-19-12/h4-5,8,11,13,16H,3,6-7,9-10H2,1-2H3,(H,17,18). The van der Waals surface area contributed by atoms with Gasteiger partial charge in [-0.05, 0) is 51.7 Å². The lowest BCUT2D eigenvalue weighted by atomic mass is 9.81. The van der Waals surface area contributed by atoms with Crippen LogP contribution in [0.5, 0.6) is 0 Å². The van der Waals surface area contributed by atoms with E-state index in [1.807, 2.05) is 26.0 Å². The molecule has 0 spiro atoms. The van der Waals surface area contributed by atoms with Crippen molar-refractivity contribution in [3.63, 3.8) is 0 Å². The van der Waals surface area contributed by atoms with Crippen LogP contribution in [0.1, 0.15) is 45.3 Å². The minimum Gasteiger partial charge on any atom is -0.480 e. The van der Waals surface area contributed by atoms with Gasteiger partial charge in [0.05, 0.1) is 12.0 Å². The minimum atomic E-state index is -0.757.